The van der Waals surface area contributed by atoms with Gasteiger partial charge in [-0.25, -0.2) is 13.6 Å². The number of urea groups is 1. The Balaban J connectivity index is 1.70. The highest BCUT2D eigenvalue weighted by molar-refractivity contribution is 6.07. The predicted molar refractivity (Wildman–Crippen MR) is 90.6 cm³/mol. The fourth-order valence-corrected chi connectivity index (χ4v) is 2.81. The zero-order valence-corrected chi connectivity index (χ0v) is 14.3. The molecule has 0 aromatic heterocycles. The summed E-state index contributed by atoms with van der Waals surface area (Å²) >= 11 is 0. The maximum absolute atomic E-state index is 13.5. The van der Waals surface area contributed by atoms with E-state index < -0.39 is 29.1 Å². The first-order chi connectivity index (χ1) is 12.8. The molecule has 1 aliphatic rings. The van der Waals surface area contributed by atoms with Gasteiger partial charge in [-0.2, -0.15) is 5.26 Å². The van der Waals surface area contributed by atoms with Gasteiger partial charge in [0.25, 0.3) is 5.91 Å². The van der Waals surface area contributed by atoms with Crippen LogP contribution in [0.1, 0.15) is 18.1 Å². The minimum absolute atomic E-state index is 0.0158. The Hall–Kier alpha value is -3.47. The van der Waals surface area contributed by atoms with Crippen LogP contribution in [0.2, 0.25) is 0 Å². The van der Waals surface area contributed by atoms with Gasteiger partial charge in [-0.3, -0.25) is 9.69 Å². The molecule has 1 atom stereocenters. The molecule has 1 fully saturated rings. The molecule has 2 aromatic rings. The van der Waals surface area contributed by atoms with Gasteiger partial charge in [0, 0.05) is 0 Å². The third-order valence-corrected chi connectivity index (χ3v) is 4.32. The Kier molecular flexibility index (Phi) is 4.77. The summed E-state index contributed by atoms with van der Waals surface area (Å²) in [7, 11) is 0. The van der Waals surface area contributed by atoms with Crippen LogP contribution in [0.25, 0.3) is 0 Å². The summed E-state index contributed by atoms with van der Waals surface area (Å²) in [6.45, 7) is 1.40. The summed E-state index contributed by atoms with van der Waals surface area (Å²) in [4.78, 5) is 25.9. The van der Waals surface area contributed by atoms with E-state index in [0.29, 0.717) is 11.3 Å². The number of benzene rings is 2. The number of imide groups is 1. The second-order valence-electron chi connectivity index (χ2n) is 6.13. The van der Waals surface area contributed by atoms with Crippen LogP contribution in [0.4, 0.5) is 13.6 Å². The van der Waals surface area contributed by atoms with Gasteiger partial charge in [-0.15, -0.1) is 0 Å². The normalized spacial score (nSPS) is 19.0. The summed E-state index contributed by atoms with van der Waals surface area (Å²) in [5, 5.41) is 11.4. The third-order valence-electron chi connectivity index (χ3n) is 4.32. The molecule has 0 saturated carbocycles. The van der Waals surface area contributed by atoms with E-state index in [1.165, 1.54) is 19.1 Å². The number of nitriles is 1. The number of halogens is 2. The van der Waals surface area contributed by atoms with Crippen LogP contribution in [0.5, 0.6) is 5.75 Å². The van der Waals surface area contributed by atoms with Crippen molar-refractivity contribution in [2.45, 2.75) is 12.5 Å². The summed E-state index contributed by atoms with van der Waals surface area (Å²) in [5.74, 6) is -2.30. The number of hydrogen-bond donors (Lipinski definition) is 1. The molecule has 3 rings (SSSR count). The Morgan fingerprint density at radius 1 is 1.19 bits per heavy atom. The highest BCUT2D eigenvalue weighted by Crippen LogP contribution is 2.29. The van der Waals surface area contributed by atoms with Crippen molar-refractivity contribution in [1.82, 2.24) is 10.2 Å². The fourth-order valence-electron chi connectivity index (χ4n) is 2.81. The molecule has 0 radical (unpaired) electrons. The number of nitrogens with one attached hydrogen (secondary N) is 1. The van der Waals surface area contributed by atoms with Crippen LogP contribution in [0.3, 0.4) is 0 Å². The van der Waals surface area contributed by atoms with Crippen molar-refractivity contribution in [3.8, 4) is 11.8 Å². The van der Waals surface area contributed by atoms with E-state index in [1.807, 2.05) is 6.07 Å². The van der Waals surface area contributed by atoms with Gasteiger partial charge in [-0.05, 0) is 42.8 Å². The second kappa shape index (κ2) is 7.03. The van der Waals surface area contributed by atoms with E-state index in [-0.39, 0.29) is 18.7 Å². The average molecular weight is 371 g/mol. The number of nitrogens with zero attached hydrogens (tertiary/aromatic N) is 2. The van der Waals surface area contributed by atoms with Crippen molar-refractivity contribution < 1.29 is 23.1 Å². The van der Waals surface area contributed by atoms with Crippen molar-refractivity contribution >= 4 is 11.9 Å². The summed E-state index contributed by atoms with van der Waals surface area (Å²) in [6, 6.07) is 10.8. The van der Waals surface area contributed by atoms with Gasteiger partial charge in [0.1, 0.15) is 17.9 Å². The zero-order chi connectivity index (χ0) is 19.6. The van der Waals surface area contributed by atoms with Crippen molar-refractivity contribution in [2.24, 2.45) is 0 Å². The molecule has 1 heterocycles. The largest absolute Gasteiger partial charge is 0.492 e. The van der Waals surface area contributed by atoms with E-state index in [4.69, 9.17) is 10.00 Å². The number of carbonyl (C=O) groups excluding carboxylic acids is 2. The van der Waals surface area contributed by atoms with Gasteiger partial charge in [-0.1, -0.05) is 12.1 Å². The molecule has 0 unspecified atom stereocenters. The van der Waals surface area contributed by atoms with E-state index in [0.717, 1.165) is 17.0 Å². The minimum atomic E-state index is -1.49. The van der Waals surface area contributed by atoms with Gasteiger partial charge in [0.2, 0.25) is 0 Å². The van der Waals surface area contributed by atoms with Crippen LogP contribution >= 0.6 is 0 Å². The molecule has 1 N–H and O–H groups in total. The zero-order valence-electron chi connectivity index (χ0n) is 14.3. The maximum Gasteiger partial charge on any atom is 0.325 e. The molecule has 0 spiro atoms. The lowest BCUT2D eigenvalue weighted by Crippen LogP contribution is -2.41. The topological polar surface area (TPSA) is 82.4 Å². The van der Waals surface area contributed by atoms with Crippen LogP contribution in [-0.2, 0) is 10.3 Å². The molecular formula is C19H15F2N3O3. The second-order valence-corrected chi connectivity index (χ2v) is 6.13. The van der Waals surface area contributed by atoms with Gasteiger partial charge in [0.05, 0.1) is 18.2 Å². The fraction of sp³-hybridized carbons (Fsp3) is 0.211. The number of carbonyl (C=O) groups is 2. The van der Waals surface area contributed by atoms with Crippen LogP contribution in [0.15, 0.2) is 42.5 Å². The highest BCUT2D eigenvalue weighted by atomic mass is 19.2. The molecule has 1 saturated heterocycles. The standard InChI is InChI=1S/C19H15F2N3O3/c1-19(13-5-6-15(20)16(21)10-13)17(25)24(18(26)23-19)7-8-27-14-4-2-3-12(9-14)11-22/h2-6,9-10H,7-8H2,1H3,(H,23,26)/t19-/m0/s1. The lowest BCUT2D eigenvalue weighted by molar-refractivity contribution is -0.131. The first kappa shape index (κ1) is 18.3. The number of rotatable bonds is 5. The van der Waals surface area contributed by atoms with Crippen molar-refractivity contribution in [2.75, 3.05) is 13.2 Å². The monoisotopic (exact) mass is 371 g/mol. The molecule has 8 heteroatoms. The van der Waals surface area contributed by atoms with Crippen LogP contribution in [-0.4, -0.2) is 30.0 Å². The van der Waals surface area contributed by atoms with Gasteiger partial charge in [0.15, 0.2) is 11.6 Å². The van der Waals surface area contributed by atoms with Gasteiger partial charge >= 0.3 is 6.03 Å². The van der Waals surface area contributed by atoms with Crippen molar-refractivity contribution in [3.63, 3.8) is 0 Å². The van der Waals surface area contributed by atoms with Crippen molar-refractivity contribution in [3.05, 3.63) is 65.2 Å². The molecule has 0 aliphatic carbocycles. The quantitative estimate of drug-likeness (QED) is 0.820. The molecule has 1 aliphatic heterocycles. The molecule has 3 amide bonds. The lowest BCUT2D eigenvalue weighted by atomic mass is 9.92. The molecule has 138 valence electrons. The highest BCUT2D eigenvalue weighted by Gasteiger charge is 2.49. The first-order valence-electron chi connectivity index (χ1n) is 8.08. The Bertz CT molecular complexity index is 957. The smallest absolute Gasteiger partial charge is 0.325 e. The Morgan fingerprint density at radius 2 is 1.96 bits per heavy atom. The van der Waals surface area contributed by atoms with E-state index in [9.17, 15) is 18.4 Å². The summed E-state index contributed by atoms with van der Waals surface area (Å²) in [6.07, 6.45) is 0. The van der Waals surface area contributed by atoms with Crippen molar-refractivity contribution in [1.29, 1.82) is 5.26 Å². The Morgan fingerprint density at radius 3 is 2.67 bits per heavy atom. The average Bonchev–Trinajstić information content (AvgIpc) is 2.88. The molecule has 6 nitrogen and oxygen atoms in total. The lowest BCUT2D eigenvalue weighted by Gasteiger charge is -2.22. The Labute approximate surface area is 154 Å². The summed E-state index contributed by atoms with van der Waals surface area (Å²) < 4.78 is 32.2. The number of amides is 3. The van der Waals surface area contributed by atoms with Crippen LogP contribution < -0.4 is 10.1 Å². The minimum Gasteiger partial charge on any atom is -0.492 e. The molecular weight excluding hydrogens is 356 g/mol. The first-order valence-corrected chi connectivity index (χ1v) is 8.08. The number of hydrogen-bond acceptors (Lipinski definition) is 4. The SMILES string of the molecule is C[C@@]1(c2ccc(F)c(F)c2)NC(=O)N(CCOc2cccc(C#N)c2)C1=O. The third kappa shape index (κ3) is 3.44. The van der Waals surface area contributed by atoms with Gasteiger partial charge < -0.3 is 10.1 Å². The van der Waals surface area contributed by atoms with Crippen LogP contribution in [0, 0.1) is 23.0 Å². The molecule has 27 heavy (non-hydrogen) atoms. The van der Waals surface area contributed by atoms with E-state index >= 15 is 0 Å². The molecule has 0 bridgehead atoms. The maximum atomic E-state index is 13.5. The molecule has 2 aromatic carbocycles. The van der Waals surface area contributed by atoms with E-state index in [2.05, 4.69) is 5.32 Å². The predicted octanol–water partition coefficient (Wildman–Crippen LogP) is 2.68. The summed E-state index contributed by atoms with van der Waals surface area (Å²) in [5.41, 5.74) is -0.926. The number of ether oxygens (including phenoxy) is 1. The van der Waals surface area contributed by atoms with E-state index in [1.54, 1.807) is 18.2 Å².